The molecule has 0 atom stereocenters. The Kier molecular flexibility index (Phi) is 6.87. The third kappa shape index (κ3) is 5.20. The van der Waals surface area contributed by atoms with Gasteiger partial charge in [0.25, 0.3) is 0 Å². The molecule has 2 aromatic rings. The van der Waals surface area contributed by atoms with E-state index >= 15 is 0 Å². The molecule has 10 heteroatoms. The van der Waals surface area contributed by atoms with Crippen LogP contribution in [0.4, 0.5) is 0 Å². The van der Waals surface area contributed by atoms with Crippen molar-refractivity contribution in [2.24, 2.45) is 0 Å². The van der Waals surface area contributed by atoms with Crippen LogP contribution in [-0.4, -0.2) is 41.8 Å². The fourth-order valence-electron chi connectivity index (χ4n) is 2.21. The van der Waals surface area contributed by atoms with E-state index in [9.17, 15) is 16.8 Å². The van der Waals surface area contributed by atoms with Crippen molar-refractivity contribution < 1.29 is 21.6 Å². The van der Waals surface area contributed by atoms with Gasteiger partial charge in [0, 0.05) is 25.7 Å². The molecule has 0 heterocycles. The highest BCUT2D eigenvalue weighted by molar-refractivity contribution is 7.89. The molecule has 0 bridgehead atoms. The smallest absolute Gasteiger partial charge is 0.244 e. The Morgan fingerprint density at radius 3 is 2.22 bits per heavy atom. The molecule has 0 saturated carbocycles. The zero-order valence-electron chi connectivity index (χ0n) is 15.1. The first-order valence-corrected chi connectivity index (χ1v) is 11.3. The van der Waals surface area contributed by atoms with E-state index in [1.165, 1.54) is 38.4 Å². The maximum Gasteiger partial charge on any atom is 0.244 e. The Bertz CT molecular complexity index is 1000. The number of hydrogen-bond donors (Lipinski definition) is 1. The van der Waals surface area contributed by atoms with Gasteiger partial charge in [-0.2, -0.15) is 0 Å². The molecule has 1 N–H and O–H groups in total. The molecule has 0 fully saturated rings. The van der Waals surface area contributed by atoms with Crippen LogP contribution in [0.25, 0.3) is 0 Å². The van der Waals surface area contributed by atoms with Gasteiger partial charge in [0.1, 0.15) is 10.6 Å². The van der Waals surface area contributed by atoms with Gasteiger partial charge in [-0.3, -0.25) is 0 Å². The minimum atomic E-state index is -3.87. The van der Waals surface area contributed by atoms with E-state index in [0.717, 1.165) is 4.31 Å². The molecule has 0 radical (unpaired) electrons. The van der Waals surface area contributed by atoms with E-state index < -0.39 is 20.0 Å². The predicted octanol–water partition coefficient (Wildman–Crippen LogP) is 2.47. The number of benzene rings is 2. The van der Waals surface area contributed by atoms with Gasteiger partial charge < -0.3 is 4.74 Å². The number of rotatable bonds is 8. The maximum absolute atomic E-state index is 12.6. The van der Waals surface area contributed by atoms with E-state index in [-0.39, 0.29) is 27.1 Å². The SMILES string of the molecule is CCOc1ccc(Cl)cc1S(=O)(=O)NCc1ccc(S(=O)(=O)N(C)C)cc1. The summed E-state index contributed by atoms with van der Waals surface area (Å²) in [6.45, 7) is 2.05. The Hall–Kier alpha value is -1.65. The molecule has 27 heavy (non-hydrogen) atoms. The molecular weight excluding hydrogens is 412 g/mol. The normalized spacial score (nSPS) is 12.3. The van der Waals surface area contributed by atoms with Crippen LogP contribution in [0.1, 0.15) is 12.5 Å². The molecule has 7 nitrogen and oxygen atoms in total. The zero-order valence-corrected chi connectivity index (χ0v) is 17.5. The highest BCUT2D eigenvalue weighted by Gasteiger charge is 2.21. The van der Waals surface area contributed by atoms with Crippen LogP contribution in [0.3, 0.4) is 0 Å². The second-order valence-corrected chi connectivity index (χ2v) is 10.1. The van der Waals surface area contributed by atoms with Gasteiger partial charge in [-0.1, -0.05) is 23.7 Å². The number of ether oxygens (including phenoxy) is 1. The largest absolute Gasteiger partial charge is 0.492 e. The summed E-state index contributed by atoms with van der Waals surface area (Å²) in [6.07, 6.45) is 0. The van der Waals surface area contributed by atoms with Crippen molar-refractivity contribution >= 4 is 31.6 Å². The monoisotopic (exact) mass is 432 g/mol. The first-order chi connectivity index (χ1) is 12.6. The fourth-order valence-corrected chi connectivity index (χ4v) is 4.54. The molecule has 0 aliphatic carbocycles. The van der Waals surface area contributed by atoms with Crippen molar-refractivity contribution in [3.63, 3.8) is 0 Å². The average Bonchev–Trinajstić information content (AvgIpc) is 2.62. The Labute approximate surface area is 165 Å². The summed E-state index contributed by atoms with van der Waals surface area (Å²) in [6, 6.07) is 10.4. The van der Waals surface area contributed by atoms with Gasteiger partial charge in [0.2, 0.25) is 20.0 Å². The molecule has 0 amide bonds. The lowest BCUT2D eigenvalue weighted by molar-refractivity contribution is 0.331. The van der Waals surface area contributed by atoms with Crippen LogP contribution in [0.5, 0.6) is 5.75 Å². The van der Waals surface area contributed by atoms with Crippen LogP contribution < -0.4 is 9.46 Å². The summed E-state index contributed by atoms with van der Waals surface area (Å²) in [5.41, 5.74) is 0.608. The van der Waals surface area contributed by atoms with E-state index in [4.69, 9.17) is 16.3 Å². The minimum absolute atomic E-state index is 0.0112. The van der Waals surface area contributed by atoms with Crippen molar-refractivity contribution in [2.75, 3.05) is 20.7 Å². The fraction of sp³-hybridized carbons (Fsp3) is 0.294. The number of nitrogens with zero attached hydrogens (tertiary/aromatic N) is 1. The number of hydrogen-bond acceptors (Lipinski definition) is 5. The summed E-state index contributed by atoms with van der Waals surface area (Å²) in [5.74, 6) is 0.210. The van der Waals surface area contributed by atoms with Crippen LogP contribution in [0, 0.1) is 0 Å². The molecule has 2 aromatic carbocycles. The molecule has 0 saturated heterocycles. The summed E-state index contributed by atoms with van der Waals surface area (Å²) < 4.78 is 58.3. The third-order valence-corrected chi connectivity index (χ3v) is 7.15. The van der Waals surface area contributed by atoms with Gasteiger partial charge in [-0.25, -0.2) is 25.9 Å². The van der Waals surface area contributed by atoms with Crippen molar-refractivity contribution in [2.45, 2.75) is 23.3 Å². The molecule has 2 rings (SSSR count). The second-order valence-electron chi connectivity index (χ2n) is 5.78. The van der Waals surface area contributed by atoms with Crippen LogP contribution >= 0.6 is 11.6 Å². The molecule has 0 aliphatic rings. The Morgan fingerprint density at radius 1 is 1.04 bits per heavy atom. The quantitative estimate of drug-likeness (QED) is 0.691. The summed E-state index contributed by atoms with van der Waals surface area (Å²) >= 11 is 5.92. The van der Waals surface area contributed by atoms with E-state index in [0.29, 0.717) is 12.2 Å². The van der Waals surface area contributed by atoms with E-state index in [1.807, 2.05) is 0 Å². The standard InChI is InChI=1S/C17H21ClN2O5S2/c1-4-25-16-10-7-14(18)11-17(16)26(21,22)19-12-13-5-8-15(9-6-13)27(23,24)20(2)3/h5-11,19H,4,12H2,1-3H3. The lowest BCUT2D eigenvalue weighted by Crippen LogP contribution is -2.24. The molecule has 0 unspecified atom stereocenters. The van der Waals surface area contributed by atoms with Gasteiger partial charge in [-0.05, 0) is 42.8 Å². The summed E-state index contributed by atoms with van der Waals surface area (Å²) in [5, 5.41) is 0.275. The van der Waals surface area contributed by atoms with Crippen LogP contribution in [-0.2, 0) is 26.6 Å². The lowest BCUT2D eigenvalue weighted by Gasteiger charge is -2.13. The lowest BCUT2D eigenvalue weighted by atomic mass is 10.2. The Morgan fingerprint density at radius 2 is 1.67 bits per heavy atom. The highest BCUT2D eigenvalue weighted by atomic mass is 35.5. The zero-order chi connectivity index (χ0) is 20.2. The first-order valence-electron chi connectivity index (χ1n) is 8.01. The molecule has 0 aliphatic heterocycles. The number of nitrogens with one attached hydrogen (secondary N) is 1. The highest BCUT2D eigenvalue weighted by Crippen LogP contribution is 2.27. The third-order valence-electron chi connectivity index (χ3n) is 3.66. The molecule has 148 valence electrons. The molecule has 0 spiro atoms. The Balaban J connectivity index is 2.20. The maximum atomic E-state index is 12.6. The second kappa shape index (κ2) is 8.57. The summed E-state index contributed by atoms with van der Waals surface area (Å²) in [4.78, 5) is 0.0798. The molecular formula is C17H21ClN2O5S2. The first kappa shape index (κ1) is 21.6. The minimum Gasteiger partial charge on any atom is -0.492 e. The average molecular weight is 433 g/mol. The molecule has 0 aromatic heterocycles. The predicted molar refractivity (Wildman–Crippen MR) is 104 cm³/mol. The topological polar surface area (TPSA) is 92.8 Å². The van der Waals surface area contributed by atoms with Crippen molar-refractivity contribution in [1.29, 1.82) is 0 Å². The van der Waals surface area contributed by atoms with Crippen LogP contribution in [0.2, 0.25) is 5.02 Å². The number of halogens is 1. The van der Waals surface area contributed by atoms with Crippen molar-refractivity contribution in [1.82, 2.24) is 9.03 Å². The van der Waals surface area contributed by atoms with Gasteiger partial charge in [0.05, 0.1) is 11.5 Å². The number of sulfonamides is 2. The van der Waals surface area contributed by atoms with Crippen LogP contribution in [0.15, 0.2) is 52.3 Å². The van der Waals surface area contributed by atoms with Gasteiger partial charge in [0.15, 0.2) is 0 Å². The van der Waals surface area contributed by atoms with Crippen molar-refractivity contribution in [3.05, 3.63) is 53.1 Å². The van der Waals surface area contributed by atoms with E-state index in [2.05, 4.69) is 4.72 Å². The van der Waals surface area contributed by atoms with Gasteiger partial charge in [-0.15, -0.1) is 0 Å². The van der Waals surface area contributed by atoms with Crippen molar-refractivity contribution in [3.8, 4) is 5.75 Å². The van der Waals surface area contributed by atoms with E-state index in [1.54, 1.807) is 25.1 Å². The van der Waals surface area contributed by atoms with Gasteiger partial charge >= 0.3 is 0 Å². The summed E-state index contributed by atoms with van der Waals surface area (Å²) in [7, 11) is -4.52.